The van der Waals surface area contributed by atoms with Crippen LogP contribution in [-0.4, -0.2) is 36.6 Å². The van der Waals surface area contributed by atoms with Crippen LogP contribution >= 0.6 is 11.3 Å². The summed E-state index contributed by atoms with van der Waals surface area (Å²) >= 11 is 1.57. The minimum absolute atomic E-state index is 0.0622. The number of carbonyl (C=O) groups excluding carboxylic acids is 1. The molecule has 156 valence electrons. The predicted molar refractivity (Wildman–Crippen MR) is 128 cm³/mol. The number of aliphatic imine (C=N–C) groups is 1. The van der Waals surface area contributed by atoms with E-state index < -0.39 is 11.5 Å². The second-order valence-electron chi connectivity index (χ2n) is 8.48. The zero-order valence-corrected chi connectivity index (χ0v) is 19.0. The van der Waals surface area contributed by atoms with Crippen LogP contribution in [0.2, 0.25) is 0 Å². The Hall–Kier alpha value is -2.93. The van der Waals surface area contributed by atoms with Gasteiger partial charge in [-0.25, -0.2) is 4.99 Å². The van der Waals surface area contributed by atoms with Gasteiger partial charge in [-0.1, -0.05) is 49.6 Å². The Kier molecular flexibility index (Phi) is 5.48. The highest BCUT2D eigenvalue weighted by Crippen LogP contribution is 2.47. The van der Waals surface area contributed by atoms with E-state index >= 15 is 0 Å². The normalized spacial score (nSPS) is 21.5. The third-order valence-corrected chi connectivity index (χ3v) is 7.11. The van der Waals surface area contributed by atoms with Crippen molar-refractivity contribution in [2.24, 2.45) is 10.7 Å². The fraction of sp³-hybridized carbons (Fsp3) is 0.292. The molecule has 1 aromatic carbocycles. The van der Waals surface area contributed by atoms with E-state index in [-0.39, 0.29) is 11.9 Å². The van der Waals surface area contributed by atoms with E-state index in [2.05, 4.69) is 37.0 Å². The second-order valence-corrected chi connectivity index (χ2v) is 9.39. The number of nitrogens with two attached hydrogens (primary N) is 1. The maximum Gasteiger partial charge on any atom is 0.239 e. The molecule has 2 atom stereocenters. The molecular weight excluding hydrogens is 403 g/mol. The first-order valence-electron chi connectivity index (χ1n) is 10.2. The number of carbonyl (C=O) groups is 1. The van der Waals surface area contributed by atoms with Crippen LogP contribution in [-0.2, 0) is 10.3 Å². The molecule has 0 aliphatic carbocycles. The van der Waals surface area contributed by atoms with Gasteiger partial charge in [-0.2, -0.15) is 0 Å². The van der Waals surface area contributed by atoms with Gasteiger partial charge in [0.25, 0.3) is 0 Å². The molecule has 31 heavy (non-hydrogen) atoms. The standard InChI is InChI=1S/C24H25BN4OS/c1-14(2)15-5-7-16(8-6-15)21-22(30)29(4)23(26)28-24(21,3)20-10-18(13-31-20)17-9-19(25)12-27-11-17/h5-14,21H,1-4H3,(H2,26,28)/t21-,24-/m1/s1. The van der Waals surface area contributed by atoms with Gasteiger partial charge in [-0.3, -0.25) is 14.7 Å². The van der Waals surface area contributed by atoms with Crippen molar-refractivity contribution in [3.05, 3.63) is 70.2 Å². The molecule has 0 saturated carbocycles. The van der Waals surface area contributed by atoms with E-state index in [1.165, 1.54) is 10.5 Å². The molecule has 0 unspecified atom stereocenters. The number of pyridine rings is 1. The molecule has 3 heterocycles. The lowest BCUT2D eigenvalue weighted by atomic mass is 9.77. The summed E-state index contributed by atoms with van der Waals surface area (Å²) in [4.78, 5) is 24.8. The van der Waals surface area contributed by atoms with Crippen LogP contribution in [0.25, 0.3) is 11.1 Å². The van der Waals surface area contributed by atoms with E-state index in [1.54, 1.807) is 30.8 Å². The fourth-order valence-corrected chi connectivity index (χ4v) is 5.09. The first kappa shape index (κ1) is 21.3. The van der Waals surface area contributed by atoms with Crippen molar-refractivity contribution in [1.82, 2.24) is 9.88 Å². The number of likely N-dealkylation sites (N-methyl/N-ethyl adjacent to an activating group) is 1. The van der Waals surface area contributed by atoms with Gasteiger partial charge in [0, 0.05) is 29.9 Å². The highest BCUT2D eigenvalue weighted by Gasteiger charge is 2.48. The summed E-state index contributed by atoms with van der Waals surface area (Å²) in [6.45, 7) is 6.29. The lowest BCUT2D eigenvalue weighted by Crippen LogP contribution is -2.52. The Morgan fingerprint density at radius 2 is 1.87 bits per heavy atom. The van der Waals surface area contributed by atoms with Crippen molar-refractivity contribution in [1.29, 1.82) is 0 Å². The van der Waals surface area contributed by atoms with Crippen molar-refractivity contribution in [3.63, 3.8) is 0 Å². The number of rotatable bonds is 4. The summed E-state index contributed by atoms with van der Waals surface area (Å²) in [6, 6.07) is 12.2. The quantitative estimate of drug-likeness (QED) is 0.647. The molecule has 2 aromatic heterocycles. The van der Waals surface area contributed by atoms with Gasteiger partial charge in [0.1, 0.15) is 13.4 Å². The fourth-order valence-electron chi connectivity index (χ4n) is 4.03. The SMILES string of the molecule is [B]c1cncc(-c2csc([C@@]3(C)N=C(N)N(C)C(=O)[C@H]3c3ccc(C(C)C)cc3)c2)c1. The first-order chi connectivity index (χ1) is 14.7. The van der Waals surface area contributed by atoms with Crippen molar-refractivity contribution in [2.75, 3.05) is 7.05 Å². The zero-order valence-electron chi connectivity index (χ0n) is 18.2. The molecule has 0 spiro atoms. The maximum absolute atomic E-state index is 13.4. The van der Waals surface area contributed by atoms with Crippen LogP contribution in [0.15, 0.2) is 59.2 Å². The summed E-state index contributed by atoms with van der Waals surface area (Å²) in [6.07, 6.45) is 3.40. The molecule has 0 bridgehead atoms. The number of aromatic nitrogens is 1. The average Bonchev–Trinajstić information content (AvgIpc) is 3.24. The van der Waals surface area contributed by atoms with Gasteiger partial charge >= 0.3 is 0 Å². The van der Waals surface area contributed by atoms with Gasteiger partial charge in [-0.15, -0.1) is 11.3 Å². The number of guanidine groups is 1. The number of hydrogen-bond acceptors (Lipinski definition) is 5. The Labute approximate surface area is 188 Å². The van der Waals surface area contributed by atoms with E-state index in [0.717, 1.165) is 21.6 Å². The highest BCUT2D eigenvalue weighted by molar-refractivity contribution is 7.10. The topological polar surface area (TPSA) is 71.6 Å². The third-order valence-electron chi connectivity index (χ3n) is 5.96. The minimum atomic E-state index is -0.816. The number of hydrogen-bond donors (Lipinski definition) is 1. The van der Waals surface area contributed by atoms with Crippen molar-refractivity contribution >= 4 is 36.5 Å². The highest BCUT2D eigenvalue weighted by atomic mass is 32.1. The zero-order chi connectivity index (χ0) is 22.3. The lowest BCUT2D eigenvalue weighted by molar-refractivity contribution is -0.130. The van der Waals surface area contributed by atoms with E-state index in [4.69, 9.17) is 18.6 Å². The largest absolute Gasteiger partial charge is 0.369 e. The molecule has 3 aromatic rings. The summed E-state index contributed by atoms with van der Waals surface area (Å²) < 4.78 is 0. The van der Waals surface area contributed by atoms with Gasteiger partial charge in [-0.05, 0) is 41.0 Å². The molecular formula is C24H25BN4OS. The third kappa shape index (κ3) is 3.78. The molecule has 1 aliphatic rings. The molecule has 5 nitrogen and oxygen atoms in total. The van der Waals surface area contributed by atoms with E-state index in [0.29, 0.717) is 11.4 Å². The Balaban J connectivity index is 1.81. The lowest BCUT2D eigenvalue weighted by Gasteiger charge is -2.40. The molecule has 4 rings (SSSR count). The Morgan fingerprint density at radius 1 is 1.16 bits per heavy atom. The monoisotopic (exact) mass is 428 g/mol. The summed E-state index contributed by atoms with van der Waals surface area (Å²) in [7, 11) is 7.58. The van der Waals surface area contributed by atoms with E-state index in [9.17, 15) is 4.79 Å². The number of amides is 1. The molecule has 7 heteroatoms. The van der Waals surface area contributed by atoms with Gasteiger partial charge < -0.3 is 5.73 Å². The molecule has 0 saturated heterocycles. The van der Waals surface area contributed by atoms with Crippen LogP contribution in [0.3, 0.4) is 0 Å². The van der Waals surface area contributed by atoms with Gasteiger partial charge in [0.15, 0.2) is 5.96 Å². The second kappa shape index (κ2) is 7.96. The Morgan fingerprint density at radius 3 is 2.52 bits per heavy atom. The van der Waals surface area contributed by atoms with E-state index in [1.807, 2.05) is 30.5 Å². The van der Waals surface area contributed by atoms with Crippen LogP contribution in [0, 0.1) is 0 Å². The molecule has 0 fully saturated rings. The van der Waals surface area contributed by atoms with Crippen LogP contribution in [0.1, 0.15) is 48.6 Å². The average molecular weight is 428 g/mol. The molecule has 1 aliphatic heterocycles. The number of benzene rings is 1. The maximum atomic E-state index is 13.4. The van der Waals surface area contributed by atoms with Crippen LogP contribution < -0.4 is 11.2 Å². The van der Waals surface area contributed by atoms with Crippen molar-refractivity contribution in [2.45, 2.75) is 38.1 Å². The first-order valence-corrected chi connectivity index (χ1v) is 11.1. The van der Waals surface area contributed by atoms with Crippen molar-refractivity contribution in [3.8, 4) is 11.1 Å². The predicted octanol–water partition coefficient (Wildman–Crippen LogP) is 3.51. The van der Waals surface area contributed by atoms with Crippen LogP contribution in [0.4, 0.5) is 0 Å². The molecule has 2 N–H and O–H groups in total. The smallest absolute Gasteiger partial charge is 0.239 e. The van der Waals surface area contributed by atoms with Crippen molar-refractivity contribution < 1.29 is 4.79 Å². The summed E-state index contributed by atoms with van der Waals surface area (Å²) in [5, 5.41) is 2.05. The number of thiophene rings is 1. The Bertz CT molecular complexity index is 1150. The summed E-state index contributed by atoms with van der Waals surface area (Å²) in [5.74, 6) is 0.109. The minimum Gasteiger partial charge on any atom is -0.369 e. The van der Waals surface area contributed by atoms with Gasteiger partial charge in [0.05, 0.1) is 5.92 Å². The number of nitrogens with zero attached hydrogens (tertiary/aromatic N) is 3. The molecule has 1 amide bonds. The summed E-state index contributed by atoms with van der Waals surface area (Å²) in [5.41, 5.74) is 10.0. The van der Waals surface area contributed by atoms with Crippen LogP contribution in [0.5, 0.6) is 0 Å². The van der Waals surface area contributed by atoms with Gasteiger partial charge in [0.2, 0.25) is 5.91 Å². The molecule has 2 radical (unpaired) electrons.